The first kappa shape index (κ1) is 21.1. The lowest BCUT2D eigenvalue weighted by Gasteiger charge is -2.19. The number of benzene rings is 1. The van der Waals surface area contributed by atoms with Gasteiger partial charge in [0.15, 0.2) is 11.7 Å². The molecule has 1 aromatic carbocycles. The topological polar surface area (TPSA) is 138 Å². The summed E-state index contributed by atoms with van der Waals surface area (Å²) < 4.78 is 19.7. The summed E-state index contributed by atoms with van der Waals surface area (Å²) >= 11 is 0. The number of aryl methyl sites for hydroxylation is 1. The highest BCUT2D eigenvalue weighted by atomic mass is 19.1. The summed E-state index contributed by atoms with van der Waals surface area (Å²) in [5, 5.41) is 7.25. The third-order valence-electron chi connectivity index (χ3n) is 5.99. The van der Waals surface area contributed by atoms with E-state index in [9.17, 15) is 9.18 Å². The number of anilines is 2. The second kappa shape index (κ2) is 8.32. The average Bonchev–Trinajstić information content (AvgIpc) is 3.54. The van der Waals surface area contributed by atoms with Crippen LogP contribution in [0.25, 0.3) is 21.9 Å². The number of nitrogens with one attached hydrogen (secondary N) is 3. The van der Waals surface area contributed by atoms with Crippen LogP contribution in [0.5, 0.6) is 0 Å². The molecule has 0 bridgehead atoms. The fourth-order valence-electron chi connectivity index (χ4n) is 4.32. The Bertz CT molecular complexity index is 1350. The number of rotatable bonds is 6. The molecule has 1 unspecified atom stereocenters. The Morgan fingerprint density at radius 2 is 2.24 bits per heavy atom. The van der Waals surface area contributed by atoms with Crippen molar-refractivity contribution in [1.82, 2.24) is 25.3 Å². The van der Waals surface area contributed by atoms with Crippen molar-refractivity contribution < 1.29 is 13.6 Å². The van der Waals surface area contributed by atoms with Crippen LogP contribution in [-0.4, -0.2) is 52.5 Å². The molecule has 0 spiro atoms. The van der Waals surface area contributed by atoms with Crippen molar-refractivity contribution in [2.24, 2.45) is 11.7 Å². The largest absolute Gasteiger partial charge is 0.436 e. The van der Waals surface area contributed by atoms with E-state index in [1.54, 1.807) is 14.0 Å². The van der Waals surface area contributed by atoms with Crippen LogP contribution in [0.2, 0.25) is 0 Å². The fraction of sp³-hybridized carbons (Fsp3) is 0.364. The molecule has 10 nitrogen and oxygen atoms in total. The summed E-state index contributed by atoms with van der Waals surface area (Å²) in [6.07, 6.45) is 2.33. The normalized spacial score (nSPS) is 16.1. The van der Waals surface area contributed by atoms with Gasteiger partial charge in [-0.2, -0.15) is 0 Å². The molecule has 5 rings (SSSR count). The lowest BCUT2D eigenvalue weighted by molar-refractivity contribution is 0.0921. The monoisotopic (exact) mass is 452 g/mol. The predicted molar refractivity (Wildman–Crippen MR) is 123 cm³/mol. The van der Waals surface area contributed by atoms with Crippen LogP contribution in [-0.2, 0) is 6.54 Å². The number of amides is 1. The number of carbonyl (C=O) groups excluding carboxylic acids is 1. The number of fused-ring (bicyclic) bond motifs is 3. The molecule has 4 heterocycles. The van der Waals surface area contributed by atoms with Crippen LogP contribution >= 0.6 is 0 Å². The van der Waals surface area contributed by atoms with Crippen molar-refractivity contribution in [3.8, 4) is 0 Å². The molecule has 33 heavy (non-hydrogen) atoms. The van der Waals surface area contributed by atoms with Crippen molar-refractivity contribution in [2.45, 2.75) is 19.9 Å². The van der Waals surface area contributed by atoms with Gasteiger partial charge in [-0.25, -0.2) is 19.3 Å². The molecule has 4 aromatic rings. The Morgan fingerprint density at radius 1 is 1.39 bits per heavy atom. The number of H-pyrrole nitrogens is 1. The van der Waals surface area contributed by atoms with Crippen molar-refractivity contribution in [3.05, 3.63) is 41.6 Å². The molecule has 11 heteroatoms. The van der Waals surface area contributed by atoms with Crippen molar-refractivity contribution in [1.29, 1.82) is 0 Å². The maximum atomic E-state index is 14.4. The Labute approximate surface area is 188 Å². The minimum absolute atomic E-state index is 0.0955. The first-order valence-electron chi connectivity index (χ1n) is 10.8. The highest BCUT2D eigenvalue weighted by Crippen LogP contribution is 2.37. The Morgan fingerprint density at radius 3 is 2.94 bits per heavy atom. The Hall–Kier alpha value is -3.73. The fourth-order valence-corrected chi connectivity index (χ4v) is 4.32. The van der Waals surface area contributed by atoms with Gasteiger partial charge in [0.1, 0.15) is 17.3 Å². The van der Waals surface area contributed by atoms with E-state index in [1.807, 2.05) is 0 Å². The maximum absolute atomic E-state index is 14.4. The van der Waals surface area contributed by atoms with Gasteiger partial charge in [0.05, 0.1) is 29.3 Å². The lowest BCUT2D eigenvalue weighted by Crippen LogP contribution is -2.26. The van der Waals surface area contributed by atoms with Crippen molar-refractivity contribution in [3.63, 3.8) is 0 Å². The molecule has 1 amide bonds. The van der Waals surface area contributed by atoms with Crippen LogP contribution in [0, 0.1) is 18.7 Å². The first-order valence-corrected chi connectivity index (χ1v) is 10.8. The zero-order chi connectivity index (χ0) is 23.1. The van der Waals surface area contributed by atoms with Crippen molar-refractivity contribution in [2.75, 3.05) is 36.9 Å². The van der Waals surface area contributed by atoms with E-state index >= 15 is 0 Å². The molecule has 3 aromatic heterocycles. The molecular formula is C22H25FN8O2. The van der Waals surface area contributed by atoms with E-state index in [4.69, 9.17) is 15.1 Å². The number of carbonyl (C=O) groups is 1. The summed E-state index contributed by atoms with van der Waals surface area (Å²) in [6.45, 7) is 3.91. The van der Waals surface area contributed by atoms with Gasteiger partial charge in [0.2, 0.25) is 5.76 Å². The van der Waals surface area contributed by atoms with E-state index in [0.29, 0.717) is 46.7 Å². The summed E-state index contributed by atoms with van der Waals surface area (Å²) in [6, 6.07) is 2.93. The molecule has 1 fully saturated rings. The standard InChI is InChI=1S/C22H25FN8O2/c1-11-26-8-16(33-11)22(32)27-9-17-28-20-18(21(29-17)31-4-3-12(7-24)10-31)14-5-13(23)6-15(25-2)19(14)30-20/h5-6,8,12,25H,3-4,7,9-10,24H2,1-2H3,(H,27,32)(H,28,29,30). The van der Waals surface area contributed by atoms with Gasteiger partial charge < -0.3 is 30.7 Å². The van der Waals surface area contributed by atoms with E-state index in [0.717, 1.165) is 30.4 Å². The summed E-state index contributed by atoms with van der Waals surface area (Å²) in [5.74, 6) is 1.28. The number of halogens is 1. The minimum atomic E-state index is -0.401. The Kier molecular flexibility index (Phi) is 5.33. The molecule has 1 aliphatic heterocycles. The predicted octanol–water partition coefficient (Wildman–Crippen LogP) is 2.30. The summed E-state index contributed by atoms with van der Waals surface area (Å²) in [7, 11) is 1.74. The number of aromatic amines is 1. The van der Waals surface area contributed by atoms with Gasteiger partial charge in [-0.15, -0.1) is 0 Å². The second-order valence-corrected chi connectivity index (χ2v) is 8.20. The van der Waals surface area contributed by atoms with Crippen LogP contribution in [0.1, 0.15) is 28.7 Å². The van der Waals surface area contributed by atoms with E-state index in [2.05, 4.69) is 30.5 Å². The Balaban J connectivity index is 1.58. The van der Waals surface area contributed by atoms with Gasteiger partial charge in [-0.1, -0.05) is 0 Å². The van der Waals surface area contributed by atoms with Crippen LogP contribution in [0.3, 0.4) is 0 Å². The number of aromatic nitrogens is 4. The molecular weight excluding hydrogens is 427 g/mol. The highest BCUT2D eigenvalue weighted by Gasteiger charge is 2.27. The quantitative estimate of drug-likeness (QED) is 0.350. The average molecular weight is 452 g/mol. The van der Waals surface area contributed by atoms with Crippen LogP contribution in [0.4, 0.5) is 15.9 Å². The number of hydrogen-bond donors (Lipinski definition) is 4. The SMILES string of the molecule is CNc1cc(F)cc2c1[nH]c1nc(CNC(=O)c3cnc(C)o3)nc(N3CCC(CN)C3)c12. The number of nitrogens with zero attached hydrogens (tertiary/aromatic N) is 4. The molecule has 5 N–H and O–H groups in total. The van der Waals surface area contributed by atoms with Gasteiger partial charge in [-0.05, 0) is 31.0 Å². The molecule has 0 aliphatic carbocycles. The minimum Gasteiger partial charge on any atom is -0.436 e. The smallest absolute Gasteiger partial charge is 0.289 e. The van der Waals surface area contributed by atoms with Gasteiger partial charge in [-0.3, -0.25) is 4.79 Å². The molecule has 1 saturated heterocycles. The van der Waals surface area contributed by atoms with E-state index < -0.39 is 5.91 Å². The van der Waals surface area contributed by atoms with E-state index in [-0.39, 0.29) is 18.1 Å². The van der Waals surface area contributed by atoms with E-state index in [1.165, 1.54) is 18.3 Å². The van der Waals surface area contributed by atoms with Crippen LogP contribution in [0.15, 0.2) is 22.7 Å². The zero-order valence-electron chi connectivity index (χ0n) is 18.4. The number of oxazole rings is 1. The third kappa shape index (κ3) is 3.84. The first-order chi connectivity index (χ1) is 16.0. The molecule has 0 radical (unpaired) electrons. The highest BCUT2D eigenvalue weighted by molar-refractivity contribution is 6.14. The molecule has 1 atom stereocenters. The second-order valence-electron chi connectivity index (χ2n) is 8.20. The zero-order valence-corrected chi connectivity index (χ0v) is 18.4. The van der Waals surface area contributed by atoms with Gasteiger partial charge in [0.25, 0.3) is 5.91 Å². The van der Waals surface area contributed by atoms with Gasteiger partial charge in [0, 0.05) is 32.4 Å². The lowest BCUT2D eigenvalue weighted by atomic mass is 10.1. The molecule has 0 saturated carbocycles. The third-order valence-corrected chi connectivity index (χ3v) is 5.99. The summed E-state index contributed by atoms with van der Waals surface area (Å²) in [5.41, 5.74) is 7.85. The van der Waals surface area contributed by atoms with Crippen LogP contribution < -0.4 is 21.3 Å². The molecule has 1 aliphatic rings. The molecule has 172 valence electrons. The van der Waals surface area contributed by atoms with Crippen molar-refractivity contribution >= 4 is 39.3 Å². The number of nitrogens with two attached hydrogens (primary N) is 1. The van der Waals surface area contributed by atoms with Gasteiger partial charge >= 0.3 is 0 Å². The number of hydrogen-bond acceptors (Lipinski definition) is 8. The maximum Gasteiger partial charge on any atom is 0.289 e. The summed E-state index contributed by atoms with van der Waals surface area (Å²) in [4.78, 5) is 31.2.